The number of fused-ring (bicyclic) bond motifs is 1. The number of aryl methyl sites for hydroxylation is 1. The normalized spacial score (nSPS) is 11.0. The first-order valence-corrected chi connectivity index (χ1v) is 7.65. The third kappa shape index (κ3) is 2.94. The quantitative estimate of drug-likeness (QED) is 0.723. The number of rotatable bonds is 6. The third-order valence-electron chi connectivity index (χ3n) is 2.95. The fourth-order valence-electron chi connectivity index (χ4n) is 1.95. The van der Waals surface area contributed by atoms with Gasteiger partial charge in [0.15, 0.2) is 5.82 Å². The third-order valence-corrected chi connectivity index (χ3v) is 4.12. The molecule has 2 N–H and O–H groups in total. The van der Waals surface area contributed by atoms with Gasteiger partial charge < -0.3 is 15.2 Å². The first kappa shape index (κ1) is 13.7. The zero-order chi connectivity index (χ0) is 14.7. The molecule has 0 radical (unpaired) electrons. The minimum Gasteiger partial charge on any atom is -0.362 e. The summed E-state index contributed by atoms with van der Waals surface area (Å²) in [5, 5.41) is 11.2. The first-order valence-electron chi connectivity index (χ1n) is 6.83. The van der Waals surface area contributed by atoms with Gasteiger partial charge in [-0.3, -0.25) is 0 Å². The average Bonchev–Trinajstić information content (AvgIpc) is 3.14. The predicted octanol–water partition coefficient (Wildman–Crippen LogP) is 2.68. The summed E-state index contributed by atoms with van der Waals surface area (Å²) in [4.78, 5) is 15.3. The molecule has 0 atom stereocenters. The number of anilines is 2. The number of hydrogen-bond donors (Lipinski definition) is 2. The second-order valence-corrected chi connectivity index (χ2v) is 5.53. The first-order chi connectivity index (χ1) is 10.3. The van der Waals surface area contributed by atoms with Gasteiger partial charge in [0, 0.05) is 11.4 Å². The lowest BCUT2D eigenvalue weighted by molar-refractivity contribution is 0.411. The van der Waals surface area contributed by atoms with Gasteiger partial charge in [0.1, 0.15) is 10.6 Å². The Hall–Kier alpha value is -2.22. The SMILES string of the molecule is CCNc1nc(NCc2ncon2)c2cc(CC)sc2n1. The molecule has 0 bridgehead atoms. The second kappa shape index (κ2) is 6.04. The van der Waals surface area contributed by atoms with E-state index in [-0.39, 0.29) is 0 Å². The maximum atomic E-state index is 4.73. The van der Waals surface area contributed by atoms with Crippen LogP contribution in [0.1, 0.15) is 24.5 Å². The maximum Gasteiger partial charge on any atom is 0.226 e. The van der Waals surface area contributed by atoms with Gasteiger partial charge in [0.05, 0.1) is 11.9 Å². The summed E-state index contributed by atoms with van der Waals surface area (Å²) < 4.78 is 4.73. The molecule has 0 unspecified atom stereocenters. The molecule has 3 aromatic rings. The molecule has 3 aromatic heterocycles. The van der Waals surface area contributed by atoms with Gasteiger partial charge in [-0.25, -0.2) is 4.98 Å². The van der Waals surface area contributed by atoms with Crippen molar-refractivity contribution in [3.8, 4) is 0 Å². The van der Waals surface area contributed by atoms with Crippen molar-refractivity contribution >= 4 is 33.3 Å². The number of aromatic nitrogens is 4. The Balaban J connectivity index is 1.94. The topological polar surface area (TPSA) is 88.8 Å². The van der Waals surface area contributed by atoms with E-state index < -0.39 is 0 Å². The van der Waals surface area contributed by atoms with Crippen LogP contribution in [0.3, 0.4) is 0 Å². The lowest BCUT2D eigenvalue weighted by Crippen LogP contribution is -2.07. The smallest absolute Gasteiger partial charge is 0.226 e. The Morgan fingerprint density at radius 2 is 2.14 bits per heavy atom. The molecule has 3 heterocycles. The van der Waals surface area contributed by atoms with E-state index in [4.69, 9.17) is 4.52 Å². The van der Waals surface area contributed by atoms with Crippen LogP contribution in [0.15, 0.2) is 17.0 Å². The summed E-state index contributed by atoms with van der Waals surface area (Å²) in [6, 6.07) is 2.13. The van der Waals surface area contributed by atoms with Gasteiger partial charge in [-0.15, -0.1) is 11.3 Å². The van der Waals surface area contributed by atoms with E-state index in [2.05, 4.69) is 43.7 Å². The van der Waals surface area contributed by atoms with E-state index in [1.807, 2.05) is 6.92 Å². The maximum absolute atomic E-state index is 4.73. The fourth-order valence-corrected chi connectivity index (χ4v) is 2.92. The molecule has 0 saturated heterocycles. The average molecular weight is 304 g/mol. The van der Waals surface area contributed by atoms with Crippen molar-refractivity contribution in [2.45, 2.75) is 26.8 Å². The standard InChI is InChI=1S/C13H16N6OS/c1-3-8-5-9-11(15-6-10-16-7-20-19-10)17-13(14-4-2)18-12(9)21-8/h5,7H,3-4,6H2,1-2H3,(H2,14,15,17,18). The van der Waals surface area contributed by atoms with Crippen LogP contribution in [0.25, 0.3) is 10.2 Å². The zero-order valence-corrected chi connectivity index (χ0v) is 12.7. The number of nitrogens with zero attached hydrogens (tertiary/aromatic N) is 4. The molecule has 7 nitrogen and oxygen atoms in total. The summed E-state index contributed by atoms with van der Waals surface area (Å²) >= 11 is 1.69. The lowest BCUT2D eigenvalue weighted by atomic mass is 10.3. The number of nitrogens with one attached hydrogen (secondary N) is 2. The van der Waals surface area contributed by atoms with E-state index in [1.54, 1.807) is 11.3 Å². The highest BCUT2D eigenvalue weighted by atomic mass is 32.1. The number of hydrogen-bond acceptors (Lipinski definition) is 8. The minimum atomic E-state index is 0.464. The Labute approximate surface area is 125 Å². The van der Waals surface area contributed by atoms with E-state index in [9.17, 15) is 0 Å². The van der Waals surface area contributed by atoms with Crippen molar-refractivity contribution < 1.29 is 4.52 Å². The summed E-state index contributed by atoms with van der Waals surface area (Å²) in [7, 11) is 0. The largest absolute Gasteiger partial charge is 0.362 e. The van der Waals surface area contributed by atoms with Crippen molar-refractivity contribution in [2.24, 2.45) is 0 Å². The highest BCUT2D eigenvalue weighted by Gasteiger charge is 2.11. The van der Waals surface area contributed by atoms with Crippen LogP contribution in [-0.2, 0) is 13.0 Å². The molecule has 0 aromatic carbocycles. The highest BCUT2D eigenvalue weighted by molar-refractivity contribution is 7.18. The van der Waals surface area contributed by atoms with E-state index in [1.165, 1.54) is 11.3 Å². The Bertz CT molecular complexity index is 724. The highest BCUT2D eigenvalue weighted by Crippen LogP contribution is 2.30. The van der Waals surface area contributed by atoms with Crippen molar-refractivity contribution in [2.75, 3.05) is 17.2 Å². The fraction of sp³-hybridized carbons (Fsp3) is 0.385. The van der Waals surface area contributed by atoms with Gasteiger partial charge >= 0.3 is 0 Å². The Morgan fingerprint density at radius 3 is 2.86 bits per heavy atom. The molecule has 0 saturated carbocycles. The number of thiophene rings is 1. The van der Waals surface area contributed by atoms with Crippen LogP contribution in [0, 0.1) is 0 Å². The molecule has 0 amide bonds. The van der Waals surface area contributed by atoms with Crippen molar-refractivity contribution in [1.82, 2.24) is 20.1 Å². The summed E-state index contributed by atoms with van der Waals surface area (Å²) in [6.45, 7) is 5.40. The molecule has 0 aliphatic heterocycles. The predicted molar refractivity (Wildman–Crippen MR) is 82.6 cm³/mol. The molecular formula is C13H16N6OS. The molecule has 3 rings (SSSR count). The molecule has 110 valence electrons. The Morgan fingerprint density at radius 1 is 1.24 bits per heavy atom. The van der Waals surface area contributed by atoms with Crippen LogP contribution in [0.5, 0.6) is 0 Å². The molecule has 21 heavy (non-hydrogen) atoms. The van der Waals surface area contributed by atoms with E-state index in [0.29, 0.717) is 18.3 Å². The minimum absolute atomic E-state index is 0.464. The van der Waals surface area contributed by atoms with Crippen molar-refractivity contribution in [3.05, 3.63) is 23.2 Å². The Kier molecular flexibility index (Phi) is 3.96. The van der Waals surface area contributed by atoms with Crippen LogP contribution in [0.2, 0.25) is 0 Å². The van der Waals surface area contributed by atoms with E-state index >= 15 is 0 Å². The van der Waals surface area contributed by atoms with Gasteiger partial charge in [-0.05, 0) is 19.4 Å². The van der Waals surface area contributed by atoms with Gasteiger partial charge in [0.25, 0.3) is 0 Å². The van der Waals surface area contributed by atoms with Gasteiger partial charge in [-0.1, -0.05) is 12.1 Å². The van der Waals surface area contributed by atoms with Crippen molar-refractivity contribution in [3.63, 3.8) is 0 Å². The molecule has 8 heteroatoms. The summed E-state index contributed by atoms with van der Waals surface area (Å²) in [6.07, 6.45) is 2.30. The van der Waals surface area contributed by atoms with Gasteiger partial charge in [-0.2, -0.15) is 9.97 Å². The molecule has 0 spiro atoms. The molecule has 0 aliphatic rings. The summed E-state index contributed by atoms with van der Waals surface area (Å²) in [5.41, 5.74) is 0. The lowest BCUT2D eigenvalue weighted by Gasteiger charge is -2.07. The molecule has 0 fully saturated rings. The van der Waals surface area contributed by atoms with Crippen LogP contribution < -0.4 is 10.6 Å². The van der Waals surface area contributed by atoms with Gasteiger partial charge in [0.2, 0.25) is 12.3 Å². The van der Waals surface area contributed by atoms with Crippen LogP contribution >= 0.6 is 11.3 Å². The van der Waals surface area contributed by atoms with Crippen molar-refractivity contribution in [1.29, 1.82) is 0 Å². The van der Waals surface area contributed by atoms with Crippen LogP contribution in [-0.4, -0.2) is 26.7 Å². The molecule has 0 aliphatic carbocycles. The zero-order valence-electron chi connectivity index (χ0n) is 11.9. The monoisotopic (exact) mass is 304 g/mol. The second-order valence-electron chi connectivity index (χ2n) is 4.41. The van der Waals surface area contributed by atoms with Crippen LogP contribution in [0.4, 0.5) is 11.8 Å². The van der Waals surface area contributed by atoms with E-state index in [0.717, 1.165) is 29.0 Å². The summed E-state index contributed by atoms with van der Waals surface area (Å²) in [5.74, 6) is 2.01. The molecular weight excluding hydrogens is 288 g/mol.